The maximum absolute atomic E-state index is 12.6. The number of ether oxygens (including phenoxy) is 2. The van der Waals surface area contributed by atoms with Crippen molar-refractivity contribution >= 4 is 21.6 Å². The van der Waals surface area contributed by atoms with Gasteiger partial charge in [0, 0.05) is 12.1 Å². The number of hydrogen-bond acceptors (Lipinski definition) is 5. The van der Waals surface area contributed by atoms with Gasteiger partial charge in [0.1, 0.15) is 6.54 Å². The van der Waals surface area contributed by atoms with Gasteiger partial charge in [0.05, 0.1) is 11.4 Å². The molecule has 1 aromatic carbocycles. The largest absolute Gasteiger partial charge is 0.454 e. The first-order valence-electron chi connectivity index (χ1n) is 9.15. The van der Waals surface area contributed by atoms with Crippen LogP contribution in [0.15, 0.2) is 18.2 Å². The lowest BCUT2D eigenvalue weighted by Gasteiger charge is -2.27. The van der Waals surface area contributed by atoms with E-state index in [-0.39, 0.29) is 31.0 Å². The lowest BCUT2D eigenvalue weighted by molar-refractivity contribution is -0.120. The van der Waals surface area contributed by atoms with Crippen LogP contribution in [0.2, 0.25) is 0 Å². The number of rotatable bonds is 6. The third-order valence-corrected chi connectivity index (χ3v) is 7.46. The van der Waals surface area contributed by atoms with Crippen molar-refractivity contribution in [2.75, 3.05) is 23.4 Å². The van der Waals surface area contributed by atoms with Gasteiger partial charge in [0.25, 0.3) is 0 Å². The van der Waals surface area contributed by atoms with Gasteiger partial charge in [-0.1, -0.05) is 6.42 Å². The molecule has 1 aliphatic heterocycles. The lowest BCUT2D eigenvalue weighted by Crippen LogP contribution is -2.46. The van der Waals surface area contributed by atoms with E-state index in [0.717, 1.165) is 23.1 Å². The number of sulfonamides is 1. The fraction of sp³-hybridized carbons (Fsp3) is 0.611. The van der Waals surface area contributed by atoms with Gasteiger partial charge >= 0.3 is 0 Å². The molecule has 0 saturated heterocycles. The predicted octanol–water partition coefficient (Wildman–Crippen LogP) is 1.88. The number of nitrogens with zero attached hydrogens (tertiary/aromatic N) is 1. The lowest BCUT2D eigenvalue weighted by atomic mass is 9.95. The normalized spacial score (nSPS) is 26.1. The molecule has 0 unspecified atom stereocenters. The molecule has 2 saturated carbocycles. The van der Waals surface area contributed by atoms with Crippen LogP contribution in [0.1, 0.15) is 32.6 Å². The van der Waals surface area contributed by atoms with Gasteiger partial charge in [-0.15, -0.1) is 0 Å². The molecule has 1 amide bonds. The molecule has 0 spiro atoms. The van der Waals surface area contributed by atoms with Crippen molar-refractivity contribution in [1.82, 2.24) is 5.32 Å². The molecule has 0 aromatic heterocycles. The van der Waals surface area contributed by atoms with Crippen LogP contribution in [0.25, 0.3) is 0 Å². The summed E-state index contributed by atoms with van der Waals surface area (Å²) in [5.74, 6) is 2.00. The van der Waals surface area contributed by atoms with Crippen molar-refractivity contribution in [3.63, 3.8) is 0 Å². The average Bonchev–Trinajstić information content (AvgIpc) is 3.35. The molecular weight excluding hydrogens is 356 g/mol. The molecule has 3 aliphatic rings. The Bertz CT molecular complexity index is 810. The van der Waals surface area contributed by atoms with Crippen LogP contribution in [-0.4, -0.2) is 39.5 Å². The fourth-order valence-corrected chi connectivity index (χ4v) is 5.41. The summed E-state index contributed by atoms with van der Waals surface area (Å²) < 4.78 is 36.9. The van der Waals surface area contributed by atoms with Gasteiger partial charge in [-0.05, 0) is 50.2 Å². The highest BCUT2D eigenvalue weighted by atomic mass is 32.2. The standard InChI is InChI=1S/C18H24N2O5S/c1-2-26(22,23)20(14-5-6-16-17(9-14)25-11-24-16)10-18(21)19-15-8-12-3-4-13(15)7-12/h5-6,9,12-13,15H,2-4,7-8,10-11H2,1H3,(H,19,21)/t12-,13-,15-/m0/s1. The average molecular weight is 380 g/mol. The van der Waals surface area contributed by atoms with Crippen LogP contribution in [0.5, 0.6) is 11.5 Å². The molecule has 8 heteroatoms. The summed E-state index contributed by atoms with van der Waals surface area (Å²) >= 11 is 0. The second-order valence-electron chi connectivity index (χ2n) is 7.29. The Labute approximate surface area is 153 Å². The Morgan fingerprint density at radius 3 is 2.73 bits per heavy atom. The fourth-order valence-electron chi connectivity index (χ4n) is 4.35. The summed E-state index contributed by atoms with van der Waals surface area (Å²) in [6.07, 6.45) is 4.62. The topological polar surface area (TPSA) is 84.9 Å². The molecule has 1 N–H and O–H groups in total. The van der Waals surface area contributed by atoms with E-state index >= 15 is 0 Å². The third kappa shape index (κ3) is 3.22. The molecule has 1 aromatic rings. The van der Waals surface area contributed by atoms with Crippen molar-refractivity contribution in [3.05, 3.63) is 18.2 Å². The van der Waals surface area contributed by atoms with Crippen LogP contribution < -0.4 is 19.1 Å². The second-order valence-corrected chi connectivity index (χ2v) is 9.48. The molecule has 0 radical (unpaired) electrons. The van der Waals surface area contributed by atoms with Crippen molar-refractivity contribution in [2.24, 2.45) is 11.8 Å². The van der Waals surface area contributed by atoms with E-state index in [1.165, 1.54) is 12.8 Å². The molecule has 26 heavy (non-hydrogen) atoms. The first-order valence-corrected chi connectivity index (χ1v) is 10.8. The first-order chi connectivity index (χ1) is 12.5. The molecule has 1 heterocycles. The van der Waals surface area contributed by atoms with Crippen LogP contribution >= 0.6 is 0 Å². The Kier molecular flexibility index (Phi) is 4.46. The van der Waals surface area contributed by atoms with Crippen LogP contribution in [0, 0.1) is 11.8 Å². The van der Waals surface area contributed by atoms with Gasteiger partial charge < -0.3 is 14.8 Å². The van der Waals surface area contributed by atoms with E-state index in [4.69, 9.17) is 9.47 Å². The van der Waals surface area contributed by atoms with Crippen LogP contribution in [-0.2, 0) is 14.8 Å². The summed E-state index contributed by atoms with van der Waals surface area (Å²) in [5, 5.41) is 3.06. The highest BCUT2D eigenvalue weighted by Crippen LogP contribution is 2.44. The van der Waals surface area contributed by atoms with Gasteiger partial charge in [0.15, 0.2) is 11.5 Å². The van der Waals surface area contributed by atoms with Gasteiger partial charge in [-0.25, -0.2) is 8.42 Å². The zero-order valence-corrected chi connectivity index (χ0v) is 15.6. The quantitative estimate of drug-likeness (QED) is 0.814. The minimum atomic E-state index is -3.59. The minimum absolute atomic E-state index is 0.0805. The van der Waals surface area contributed by atoms with Crippen molar-refractivity contribution < 1.29 is 22.7 Å². The molecule has 7 nitrogen and oxygen atoms in total. The Hall–Kier alpha value is -1.96. The molecule has 4 rings (SSSR count). The summed E-state index contributed by atoms with van der Waals surface area (Å²) in [5.41, 5.74) is 0.416. The number of carbonyl (C=O) groups is 1. The summed E-state index contributed by atoms with van der Waals surface area (Å²) in [7, 11) is -3.59. The monoisotopic (exact) mass is 380 g/mol. The van der Waals surface area contributed by atoms with E-state index in [0.29, 0.717) is 23.1 Å². The summed E-state index contributed by atoms with van der Waals surface area (Å²) in [6, 6.07) is 5.11. The minimum Gasteiger partial charge on any atom is -0.454 e. The molecule has 2 bridgehead atoms. The Morgan fingerprint density at radius 1 is 1.23 bits per heavy atom. The number of fused-ring (bicyclic) bond motifs is 3. The van der Waals surface area contributed by atoms with Crippen LogP contribution in [0.3, 0.4) is 0 Å². The number of benzene rings is 1. The maximum atomic E-state index is 12.6. The number of anilines is 1. The first kappa shape index (κ1) is 17.5. The van der Waals surface area contributed by atoms with E-state index < -0.39 is 10.0 Å². The molecule has 2 fully saturated rings. The predicted molar refractivity (Wildman–Crippen MR) is 96.8 cm³/mol. The number of carbonyl (C=O) groups excluding carboxylic acids is 1. The highest BCUT2D eigenvalue weighted by molar-refractivity contribution is 7.92. The smallest absolute Gasteiger partial charge is 0.241 e. The summed E-state index contributed by atoms with van der Waals surface area (Å²) in [6.45, 7) is 1.47. The van der Waals surface area contributed by atoms with E-state index in [1.54, 1.807) is 25.1 Å². The van der Waals surface area contributed by atoms with E-state index in [2.05, 4.69) is 5.32 Å². The zero-order chi connectivity index (χ0) is 18.3. The van der Waals surface area contributed by atoms with Crippen molar-refractivity contribution in [3.8, 4) is 11.5 Å². The SMILES string of the molecule is CCS(=O)(=O)N(CC(=O)N[C@H]1C[C@H]2CC[C@H]1C2)c1ccc2c(c1)OCO2. The number of nitrogens with one attached hydrogen (secondary N) is 1. The highest BCUT2D eigenvalue weighted by Gasteiger charge is 2.40. The van der Waals surface area contributed by atoms with E-state index in [9.17, 15) is 13.2 Å². The molecule has 2 aliphatic carbocycles. The molecule has 3 atom stereocenters. The second kappa shape index (κ2) is 6.64. The van der Waals surface area contributed by atoms with Crippen molar-refractivity contribution in [2.45, 2.75) is 38.6 Å². The van der Waals surface area contributed by atoms with Crippen molar-refractivity contribution in [1.29, 1.82) is 0 Å². The maximum Gasteiger partial charge on any atom is 0.241 e. The van der Waals surface area contributed by atoms with E-state index in [1.807, 2.05) is 0 Å². The third-order valence-electron chi connectivity index (χ3n) is 5.72. The molecule has 142 valence electrons. The van der Waals surface area contributed by atoms with Gasteiger partial charge in [-0.2, -0.15) is 0 Å². The van der Waals surface area contributed by atoms with Gasteiger partial charge in [-0.3, -0.25) is 9.10 Å². The number of amides is 1. The summed E-state index contributed by atoms with van der Waals surface area (Å²) in [4.78, 5) is 12.6. The van der Waals surface area contributed by atoms with Crippen LogP contribution in [0.4, 0.5) is 5.69 Å². The Balaban J connectivity index is 1.51. The zero-order valence-electron chi connectivity index (χ0n) is 14.8. The van der Waals surface area contributed by atoms with Gasteiger partial charge in [0.2, 0.25) is 22.7 Å². The number of hydrogen-bond donors (Lipinski definition) is 1. The molecular formula is C18H24N2O5S. The Morgan fingerprint density at radius 2 is 2.04 bits per heavy atom.